The molecule has 0 aromatic rings. The number of alkyl halides is 1. The molecule has 0 fully saturated rings. The third kappa shape index (κ3) is 18.9. The van der Waals surface area contributed by atoms with Crippen molar-refractivity contribution >= 4 is 97.2 Å². The fourth-order valence-electron chi connectivity index (χ4n) is 5.20. The standard InChI is InChI=1S/C24H61ClO9Si10/c1-14-35(26)21-41(11,22-36(27)15-2)32-44(20-18-19-25,33-42(12,23-37(28)16-3)30-39(5,6)7)34-43(13,24-38(29)17-4)31-40(8,9)10/h14-24H2,1-13H3. The van der Waals surface area contributed by atoms with E-state index in [0.29, 0.717) is 65.2 Å². The first-order valence-corrected chi connectivity index (χ1v) is 40.5. The quantitative estimate of drug-likeness (QED) is 0.0670. The van der Waals surface area contributed by atoms with Crippen LogP contribution >= 0.6 is 11.6 Å². The summed E-state index contributed by atoms with van der Waals surface area (Å²) in [6.45, 7) is 26.1. The summed E-state index contributed by atoms with van der Waals surface area (Å²) in [5.74, 6) is 0.345. The Morgan fingerprint density at radius 3 is 1.09 bits per heavy atom. The molecule has 0 aromatic carbocycles. The van der Waals surface area contributed by atoms with E-state index in [1.54, 1.807) is 0 Å². The van der Waals surface area contributed by atoms with Gasteiger partial charge in [-0.3, -0.25) is 0 Å². The molecule has 2 unspecified atom stereocenters. The molecule has 0 aliphatic rings. The average Bonchev–Trinajstić information content (AvgIpc) is 2.83. The van der Waals surface area contributed by atoms with Crippen molar-refractivity contribution in [3.8, 4) is 0 Å². The Labute approximate surface area is 285 Å². The largest absolute Gasteiger partial charge is 0.472 e. The van der Waals surface area contributed by atoms with E-state index in [9.17, 15) is 17.8 Å². The summed E-state index contributed by atoms with van der Waals surface area (Å²) in [5, 5.41) is 0. The van der Waals surface area contributed by atoms with Gasteiger partial charge in [0.15, 0.2) is 25.0 Å². The average molecular weight is 810 g/mol. The van der Waals surface area contributed by atoms with Crippen LogP contribution in [0.25, 0.3) is 0 Å². The summed E-state index contributed by atoms with van der Waals surface area (Å²) in [7, 11) is -25.6. The highest BCUT2D eigenvalue weighted by Gasteiger charge is 2.58. The number of hydrogen-bond donors (Lipinski definition) is 0. The lowest BCUT2D eigenvalue weighted by atomic mass is 10.6. The molecule has 0 N–H and O–H groups in total. The van der Waals surface area contributed by atoms with E-state index in [0.717, 1.165) is 0 Å². The van der Waals surface area contributed by atoms with Crippen molar-refractivity contribution in [1.29, 1.82) is 0 Å². The van der Waals surface area contributed by atoms with Crippen LogP contribution in [0.5, 0.6) is 0 Å². The molecule has 0 saturated carbocycles. The molecule has 0 spiro atoms. The van der Waals surface area contributed by atoms with Gasteiger partial charge in [-0.15, -0.1) is 11.6 Å². The lowest BCUT2D eigenvalue weighted by Gasteiger charge is -2.47. The molecule has 9 nitrogen and oxygen atoms in total. The Morgan fingerprint density at radius 2 is 0.818 bits per heavy atom. The summed E-state index contributed by atoms with van der Waals surface area (Å²) in [6, 6.07) is 2.52. The van der Waals surface area contributed by atoms with Crippen molar-refractivity contribution < 1.29 is 38.4 Å². The molecule has 20 heteroatoms. The van der Waals surface area contributed by atoms with Crippen LogP contribution in [0, 0.1) is 0 Å². The molecule has 0 rings (SSSR count). The van der Waals surface area contributed by atoms with E-state index in [-0.39, 0.29) is 0 Å². The highest BCUT2D eigenvalue weighted by atomic mass is 35.5. The summed E-state index contributed by atoms with van der Waals surface area (Å²) in [6.07, 6.45) is 0.533. The molecule has 0 amide bonds. The molecule has 2 atom stereocenters. The minimum Gasteiger partial charge on any atom is -0.436 e. The van der Waals surface area contributed by atoms with E-state index in [4.69, 9.17) is 32.2 Å². The molecule has 0 aromatic heterocycles. The van der Waals surface area contributed by atoms with Crippen LogP contribution in [0.15, 0.2) is 0 Å². The summed E-state index contributed by atoms with van der Waals surface area (Å²) in [5.41, 5.74) is 1.42. The molecule has 44 heavy (non-hydrogen) atoms. The minimum atomic E-state index is -3.84. The fraction of sp³-hybridized carbons (Fsp3) is 1.00. The molecule has 0 saturated heterocycles. The van der Waals surface area contributed by atoms with Gasteiger partial charge < -0.3 is 38.4 Å². The predicted molar refractivity (Wildman–Crippen MR) is 200 cm³/mol. The molecule has 0 bridgehead atoms. The van der Waals surface area contributed by atoms with Crippen molar-refractivity contribution in [3.63, 3.8) is 0 Å². The van der Waals surface area contributed by atoms with Crippen molar-refractivity contribution in [2.45, 2.75) is 146 Å². The Hall–Kier alpha value is 1.46. The second-order valence-electron chi connectivity index (χ2n) is 14.2. The lowest BCUT2D eigenvalue weighted by Crippen LogP contribution is -2.67. The first-order chi connectivity index (χ1) is 19.9. The van der Waals surface area contributed by atoms with Crippen LogP contribution in [0.2, 0.25) is 112 Å². The van der Waals surface area contributed by atoms with Crippen LogP contribution in [-0.2, 0) is 38.4 Å². The highest BCUT2D eigenvalue weighted by Crippen LogP contribution is 2.37. The van der Waals surface area contributed by atoms with Crippen molar-refractivity contribution in [1.82, 2.24) is 0 Å². The van der Waals surface area contributed by atoms with Crippen LogP contribution in [-0.4, -0.2) is 91.5 Å². The van der Waals surface area contributed by atoms with Crippen molar-refractivity contribution in [2.75, 3.05) is 5.88 Å². The first-order valence-electron chi connectivity index (χ1n) is 16.0. The van der Waals surface area contributed by atoms with E-state index in [2.05, 4.69) is 39.3 Å². The smallest absolute Gasteiger partial charge is 0.436 e. The van der Waals surface area contributed by atoms with Gasteiger partial charge in [0.1, 0.15) is 0 Å². The number of halogens is 1. The molecule has 0 radical (unpaired) electrons. The molecular formula is C24H61ClO9Si10. The summed E-state index contributed by atoms with van der Waals surface area (Å²) < 4.78 is 88.3. The molecule has 0 heterocycles. The third-order valence-electron chi connectivity index (χ3n) is 6.56. The SMILES string of the molecule is CC[Si](=O)C[Si](C)(C[Si](=O)CC)O[Si](CCCCl)(O[Si](C)(C[Si](=O)CC)O[Si](C)(C)C)O[Si](C)(C[Si](=O)CC)O[Si](C)(C)C. The third-order valence-corrected chi connectivity index (χ3v) is 45.9. The van der Waals surface area contributed by atoms with Gasteiger partial charge in [-0.25, -0.2) is 0 Å². The van der Waals surface area contributed by atoms with E-state index >= 15 is 0 Å². The Bertz CT molecular complexity index is 915. The van der Waals surface area contributed by atoms with Crippen LogP contribution < -0.4 is 0 Å². The zero-order valence-electron chi connectivity index (χ0n) is 29.8. The molecule has 258 valence electrons. The summed E-state index contributed by atoms with van der Waals surface area (Å²) in [4.78, 5) is 0. The second-order valence-corrected chi connectivity index (χ2v) is 49.2. The van der Waals surface area contributed by atoms with Crippen LogP contribution in [0.1, 0.15) is 34.1 Å². The van der Waals surface area contributed by atoms with Gasteiger partial charge in [-0.1, -0.05) is 27.7 Å². The Kier molecular flexibility index (Phi) is 20.2. The van der Waals surface area contributed by atoms with Crippen molar-refractivity contribution in [3.05, 3.63) is 0 Å². The van der Waals surface area contributed by atoms with E-state index < -0.39 is 85.6 Å². The highest BCUT2D eigenvalue weighted by molar-refractivity contribution is 6.98. The maximum absolute atomic E-state index is 13.2. The lowest BCUT2D eigenvalue weighted by molar-refractivity contribution is 0.204. The predicted octanol–water partition coefficient (Wildman–Crippen LogP) is 7.95. The maximum Gasteiger partial charge on any atom is 0.472 e. The normalized spacial score (nSPS) is 17.0. The number of hydrogen-bond acceptors (Lipinski definition) is 9. The first kappa shape index (κ1) is 45.5. The molecular weight excluding hydrogens is 749 g/mol. The zero-order chi connectivity index (χ0) is 34.6. The van der Waals surface area contributed by atoms with Crippen LogP contribution in [0.4, 0.5) is 0 Å². The zero-order valence-corrected chi connectivity index (χ0v) is 40.6. The Balaban J connectivity index is 7.61. The van der Waals surface area contributed by atoms with Crippen LogP contribution in [0.3, 0.4) is 0 Å². The minimum absolute atomic E-state index is 0.328. The van der Waals surface area contributed by atoms with Gasteiger partial charge in [-0.2, -0.15) is 0 Å². The maximum atomic E-state index is 13.2. The van der Waals surface area contributed by atoms with Gasteiger partial charge in [0.2, 0.25) is 0 Å². The van der Waals surface area contributed by atoms with E-state index in [1.807, 2.05) is 47.3 Å². The number of rotatable bonds is 25. The van der Waals surface area contributed by atoms with E-state index in [1.165, 1.54) is 0 Å². The fourth-order valence-corrected chi connectivity index (χ4v) is 52.4. The monoisotopic (exact) mass is 808 g/mol. The molecule has 0 aliphatic heterocycles. The summed E-state index contributed by atoms with van der Waals surface area (Å²) >= 11 is 6.32. The van der Waals surface area contributed by atoms with Crippen molar-refractivity contribution in [2.24, 2.45) is 0 Å². The topological polar surface area (TPSA) is 114 Å². The van der Waals surface area contributed by atoms with Gasteiger partial charge in [0.05, 0.1) is 0 Å². The van der Waals surface area contributed by atoms with Gasteiger partial charge in [-0.05, 0) is 89.5 Å². The Morgan fingerprint density at radius 1 is 0.500 bits per heavy atom. The second kappa shape index (κ2) is 19.6. The van der Waals surface area contributed by atoms with Gasteiger partial charge >= 0.3 is 25.9 Å². The van der Waals surface area contributed by atoms with Gasteiger partial charge in [0, 0.05) is 34.6 Å². The van der Waals surface area contributed by atoms with Gasteiger partial charge in [0.25, 0.3) is 34.7 Å². The molecule has 0 aliphatic carbocycles.